The smallest absolute Gasteiger partial charge is 0.261 e. The van der Waals surface area contributed by atoms with Gasteiger partial charge < -0.3 is 20.1 Å². The second-order valence-corrected chi connectivity index (χ2v) is 14.2. The van der Waals surface area contributed by atoms with Gasteiger partial charge >= 0.3 is 0 Å². The maximum absolute atomic E-state index is 13.9. The van der Waals surface area contributed by atoms with E-state index in [2.05, 4.69) is 48.2 Å². The molecule has 242 valence electrons. The molecule has 3 heterocycles. The van der Waals surface area contributed by atoms with Crippen molar-refractivity contribution in [1.82, 2.24) is 29.3 Å². The highest BCUT2D eigenvalue weighted by atomic mass is 19.1. The number of anilines is 1. The molecule has 2 aromatic carbocycles. The van der Waals surface area contributed by atoms with Crippen molar-refractivity contribution in [2.45, 2.75) is 72.1 Å². The van der Waals surface area contributed by atoms with Gasteiger partial charge in [0.25, 0.3) is 5.56 Å². The molecule has 2 aromatic heterocycles. The molecule has 2 N–H and O–H groups in total. The van der Waals surface area contributed by atoms with Crippen LogP contribution in [0.15, 0.2) is 71.0 Å². The van der Waals surface area contributed by atoms with Crippen LogP contribution in [0.1, 0.15) is 51.9 Å². The largest absolute Gasteiger partial charge is 0.340 e. The number of benzene rings is 2. The molecule has 5 atom stereocenters. The molecule has 2 bridgehead atoms. The molecule has 3 aliphatic carbocycles. The lowest BCUT2D eigenvalue weighted by molar-refractivity contribution is -0.108. The Morgan fingerprint density at radius 1 is 1.15 bits per heavy atom. The van der Waals surface area contributed by atoms with E-state index in [1.54, 1.807) is 29.2 Å². The number of hydrogen-bond acceptors (Lipinski definition) is 5. The van der Waals surface area contributed by atoms with Crippen LogP contribution >= 0.6 is 0 Å². The lowest BCUT2D eigenvalue weighted by Crippen LogP contribution is -2.57. The number of piperazine rings is 1. The van der Waals surface area contributed by atoms with Crippen LogP contribution in [0.5, 0.6) is 0 Å². The molecule has 1 aliphatic heterocycles. The highest BCUT2D eigenvalue weighted by Gasteiger charge is 2.56. The van der Waals surface area contributed by atoms with Crippen molar-refractivity contribution in [3.8, 4) is 0 Å². The van der Waals surface area contributed by atoms with Crippen LogP contribution in [-0.4, -0.2) is 61.7 Å². The number of imidazole rings is 1. The molecule has 4 aromatic rings. The molecule has 5 unspecified atom stereocenters. The monoisotopic (exact) mass is 624 g/mol. The summed E-state index contributed by atoms with van der Waals surface area (Å²) in [6, 6.07) is 12.9. The van der Waals surface area contributed by atoms with Gasteiger partial charge in [0.2, 0.25) is 0 Å². The van der Waals surface area contributed by atoms with Gasteiger partial charge in [0.1, 0.15) is 11.6 Å². The van der Waals surface area contributed by atoms with Gasteiger partial charge in [0.15, 0.2) is 5.96 Å². The number of hydrogen-bond donors (Lipinski definition) is 2. The quantitative estimate of drug-likeness (QED) is 0.218. The first-order valence-corrected chi connectivity index (χ1v) is 16.7. The summed E-state index contributed by atoms with van der Waals surface area (Å²) in [6.45, 7) is 13.0. The molecule has 0 spiro atoms. The van der Waals surface area contributed by atoms with Crippen molar-refractivity contribution in [1.29, 1.82) is 0 Å². The first-order chi connectivity index (χ1) is 22.2. The second-order valence-electron chi connectivity index (χ2n) is 14.2. The molecule has 0 radical (unpaired) electrons. The highest BCUT2D eigenvalue weighted by molar-refractivity contribution is 5.96. The van der Waals surface area contributed by atoms with Crippen LogP contribution in [0.4, 0.5) is 10.1 Å². The molecular formula is C36H45FN8O. The average molecular weight is 625 g/mol. The third-order valence-electron chi connectivity index (χ3n) is 11.0. The zero-order valence-corrected chi connectivity index (χ0v) is 27.3. The van der Waals surface area contributed by atoms with Gasteiger partial charge in [-0.3, -0.25) is 9.36 Å². The van der Waals surface area contributed by atoms with E-state index >= 15 is 0 Å². The third-order valence-corrected chi connectivity index (χ3v) is 11.0. The number of guanidine groups is 1. The summed E-state index contributed by atoms with van der Waals surface area (Å²) in [4.78, 5) is 31.0. The molecule has 1 saturated heterocycles. The fraction of sp³-hybridized carbons (Fsp3) is 0.500. The van der Waals surface area contributed by atoms with Crippen LogP contribution in [0, 0.1) is 29.0 Å². The summed E-state index contributed by atoms with van der Waals surface area (Å²) in [7, 11) is 0. The van der Waals surface area contributed by atoms with E-state index in [1.807, 2.05) is 29.0 Å². The molecule has 0 amide bonds. The van der Waals surface area contributed by atoms with Crippen molar-refractivity contribution >= 4 is 22.5 Å². The number of aliphatic imine (C=N–C) groups is 1. The summed E-state index contributed by atoms with van der Waals surface area (Å²) in [5.74, 6) is 3.27. The Morgan fingerprint density at radius 2 is 1.98 bits per heavy atom. The fourth-order valence-corrected chi connectivity index (χ4v) is 8.03. The van der Waals surface area contributed by atoms with Gasteiger partial charge in [0.05, 0.1) is 29.8 Å². The molecule has 9 nitrogen and oxygen atoms in total. The molecule has 3 saturated carbocycles. The predicted octanol–water partition coefficient (Wildman–Crippen LogP) is 5.16. The topological polar surface area (TPSA) is 92.4 Å². The maximum atomic E-state index is 13.9. The van der Waals surface area contributed by atoms with Gasteiger partial charge in [0, 0.05) is 50.3 Å². The molecule has 4 aliphatic rings. The van der Waals surface area contributed by atoms with Crippen molar-refractivity contribution in [2.75, 3.05) is 25.0 Å². The lowest BCUT2D eigenvalue weighted by Gasteiger charge is -2.61. The van der Waals surface area contributed by atoms with Crippen molar-refractivity contribution in [3.05, 3.63) is 88.7 Å². The third kappa shape index (κ3) is 5.95. The Hall–Kier alpha value is -4.05. The van der Waals surface area contributed by atoms with Crippen molar-refractivity contribution in [2.24, 2.45) is 28.2 Å². The minimum Gasteiger partial charge on any atom is -0.340 e. The van der Waals surface area contributed by atoms with E-state index in [9.17, 15) is 9.18 Å². The summed E-state index contributed by atoms with van der Waals surface area (Å²) < 4.78 is 17.1. The zero-order valence-electron chi connectivity index (χ0n) is 27.3. The van der Waals surface area contributed by atoms with Crippen LogP contribution < -0.4 is 16.2 Å². The summed E-state index contributed by atoms with van der Waals surface area (Å²) in [6.07, 6.45) is 8.36. The molecule has 4 fully saturated rings. The molecule has 8 rings (SSSR count). The van der Waals surface area contributed by atoms with Crippen LogP contribution in [0.3, 0.4) is 0 Å². The van der Waals surface area contributed by atoms with Gasteiger partial charge in [-0.1, -0.05) is 32.9 Å². The maximum Gasteiger partial charge on any atom is 0.261 e. The van der Waals surface area contributed by atoms with E-state index in [1.165, 1.54) is 18.6 Å². The number of fused-ring (bicyclic) bond motifs is 3. The van der Waals surface area contributed by atoms with E-state index in [4.69, 9.17) is 9.98 Å². The highest BCUT2D eigenvalue weighted by Crippen LogP contribution is 2.61. The number of aromatic nitrogens is 4. The standard InChI is InChI=1S/C36H45FN8O/c1-23-20-44(16-13-39-23)35(42-31-18-26-17-30(24(31)2)36(26,3)4)40-28-9-10-29-32(19-28)41-33(21-43-15-12-38-22-43)45(34(29)46)14-11-25-5-7-27(37)8-6-25/h5-10,12,15,19,22-24,26,30-31,39H,11,13-14,16-18,20-21H2,1-4H3,(H,40,42). The molecule has 46 heavy (non-hydrogen) atoms. The van der Waals surface area contributed by atoms with Gasteiger partial charge in [-0.05, 0) is 85.3 Å². The van der Waals surface area contributed by atoms with Gasteiger partial charge in [-0.2, -0.15) is 0 Å². The van der Waals surface area contributed by atoms with E-state index in [-0.39, 0.29) is 17.4 Å². The van der Waals surface area contributed by atoms with E-state index in [0.29, 0.717) is 59.5 Å². The number of rotatable bonds is 7. The zero-order chi connectivity index (χ0) is 32.0. The van der Waals surface area contributed by atoms with E-state index in [0.717, 1.165) is 49.2 Å². The summed E-state index contributed by atoms with van der Waals surface area (Å²) >= 11 is 0. The number of nitrogens with zero attached hydrogens (tertiary/aromatic N) is 6. The van der Waals surface area contributed by atoms with Gasteiger partial charge in [-0.15, -0.1) is 0 Å². The minimum atomic E-state index is -0.271. The second kappa shape index (κ2) is 12.3. The number of halogens is 1. The minimum absolute atomic E-state index is 0.0866. The first kappa shape index (κ1) is 30.6. The van der Waals surface area contributed by atoms with Crippen molar-refractivity contribution < 1.29 is 4.39 Å². The van der Waals surface area contributed by atoms with Crippen molar-refractivity contribution in [3.63, 3.8) is 0 Å². The lowest BCUT2D eigenvalue weighted by atomic mass is 9.45. The number of nitrogens with one attached hydrogen (secondary N) is 2. The summed E-state index contributed by atoms with van der Waals surface area (Å²) in [5, 5.41) is 7.81. The Bertz CT molecular complexity index is 1780. The Morgan fingerprint density at radius 3 is 2.70 bits per heavy atom. The van der Waals surface area contributed by atoms with Crippen LogP contribution in [0.2, 0.25) is 0 Å². The molecule has 10 heteroatoms. The Kier molecular flexibility index (Phi) is 8.17. The molecular weight excluding hydrogens is 579 g/mol. The van der Waals surface area contributed by atoms with Crippen LogP contribution in [-0.2, 0) is 19.5 Å². The summed E-state index contributed by atoms with van der Waals surface area (Å²) in [5.41, 5.74) is 2.80. The SMILES string of the molecule is CC1CN(C(=NC2CC3CC(C2C)C3(C)C)Nc2ccc3c(=O)n(CCc4ccc(F)cc4)c(Cn4ccnc4)nc3c2)CCN1. The Labute approximate surface area is 270 Å². The normalized spacial score (nSPS) is 25.8. The van der Waals surface area contributed by atoms with Crippen LogP contribution in [0.25, 0.3) is 10.9 Å². The first-order valence-electron chi connectivity index (χ1n) is 16.7. The predicted molar refractivity (Wildman–Crippen MR) is 180 cm³/mol. The van der Waals surface area contributed by atoms with Gasteiger partial charge in [-0.25, -0.2) is 19.4 Å². The average Bonchev–Trinajstić information content (AvgIpc) is 3.55. The fourth-order valence-electron chi connectivity index (χ4n) is 8.03. The number of aryl methyl sites for hydroxylation is 1. The van der Waals surface area contributed by atoms with E-state index < -0.39 is 0 Å². The Balaban J connectivity index is 1.21.